The molecule has 5 heteroatoms. The van der Waals surface area contributed by atoms with Crippen LogP contribution in [0.1, 0.15) is 11.3 Å². The molecule has 0 bridgehead atoms. The molecule has 0 amide bonds. The third-order valence-corrected chi connectivity index (χ3v) is 3.19. The molecule has 2 aromatic rings. The summed E-state index contributed by atoms with van der Waals surface area (Å²) >= 11 is 0. The van der Waals surface area contributed by atoms with Gasteiger partial charge in [-0.15, -0.1) is 0 Å². The fourth-order valence-electron chi connectivity index (χ4n) is 2.18. The molecule has 2 N–H and O–H groups in total. The van der Waals surface area contributed by atoms with Crippen LogP contribution in [0.15, 0.2) is 29.3 Å². The second-order valence-electron chi connectivity index (χ2n) is 4.33. The molecule has 0 saturated carbocycles. The van der Waals surface area contributed by atoms with Gasteiger partial charge in [0, 0.05) is 31.4 Å². The lowest BCUT2D eigenvalue weighted by Gasteiger charge is -2.02. The second-order valence-corrected chi connectivity index (χ2v) is 4.33. The topological polar surface area (TPSA) is 62.4 Å². The summed E-state index contributed by atoms with van der Waals surface area (Å²) in [6, 6.07) is 7.92. The Hall–Kier alpha value is -2.56. The van der Waals surface area contributed by atoms with E-state index < -0.39 is 0 Å². The Morgan fingerprint density at radius 1 is 1.32 bits per heavy atom. The molecule has 1 aromatic heterocycles. The van der Waals surface area contributed by atoms with Crippen LogP contribution in [-0.2, 0) is 7.05 Å². The van der Waals surface area contributed by atoms with Crippen molar-refractivity contribution in [3.63, 3.8) is 0 Å². The van der Waals surface area contributed by atoms with Crippen molar-refractivity contribution in [2.75, 3.05) is 12.4 Å². The zero-order chi connectivity index (χ0) is 13.4. The van der Waals surface area contributed by atoms with Crippen LogP contribution in [0.25, 0.3) is 11.6 Å². The number of nitrogens with one attached hydrogen (secondary N) is 1. The normalized spacial score (nSPS) is 14.9. The number of aromatic hydroxyl groups is 1. The molecule has 2 heterocycles. The smallest absolute Gasteiger partial charge is 0.238 e. The number of rotatable bonds is 2. The van der Waals surface area contributed by atoms with Crippen molar-refractivity contribution in [2.45, 2.75) is 0 Å². The maximum Gasteiger partial charge on any atom is 0.238 e. The van der Waals surface area contributed by atoms with Gasteiger partial charge < -0.3 is 15.0 Å². The molecule has 5 nitrogen and oxygen atoms in total. The minimum atomic E-state index is 0.0112. The molecule has 1 aliphatic rings. The standard InChI is InChI=1S/C14H14N4O/c1-15-14-17-13(19)12(18(14)2)7-9-8-16-11-6-4-3-5-10(9)11/h3-8,19H,1-2H3,(H,15,17). The van der Waals surface area contributed by atoms with Gasteiger partial charge in [0.05, 0.1) is 5.69 Å². The number of anilines is 1. The average Bonchev–Trinajstić information content (AvgIpc) is 2.95. The molecule has 0 atom stereocenters. The number of aromatic nitrogens is 2. The van der Waals surface area contributed by atoms with Crippen LogP contribution < -0.4 is 5.32 Å². The van der Waals surface area contributed by atoms with Gasteiger partial charge >= 0.3 is 0 Å². The lowest BCUT2D eigenvalue weighted by atomic mass is 10.1. The summed E-state index contributed by atoms with van der Waals surface area (Å²) in [7, 11) is 3.62. The summed E-state index contributed by atoms with van der Waals surface area (Å²) in [5.74, 6) is 0.629. The van der Waals surface area contributed by atoms with Gasteiger partial charge in [-0.2, -0.15) is 4.98 Å². The van der Waals surface area contributed by atoms with E-state index in [-0.39, 0.29) is 5.88 Å². The van der Waals surface area contributed by atoms with E-state index in [1.165, 1.54) is 0 Å². The number of allylic oxidation sites excluding steroid dienone is 1. The number of para-hydroxylation sites is 1. The first kappa shape index (κ1) is 11.5. The molecule has 0 unspecified atom stereocenters. The van der Waals surface area contributed by atoms with E-state index >= 15 is 0 Å². The zero-order valence-corrected chi connectivity index (χ0v) is 10.8. The largest absolute Gasteiger partial charge is 0.492 e. The molecule has 1 aromatic carbocycles. The van der Waals surface area contributed by atoms with Crippen molar-refractivity contribution in [3.05, 3.63) is 35.5 Å². The minimum Gasteiger partial charge on any atom is -0.492 e. The Balaban J connectivity index is 2.09. The Bertz CT molecular complexity index is 697. The molecule has 3 rings (SSSR count). The number of aliphatic imine (C=N–C) groups is 1. The summed E-state index contributed by atoms with van der Waals surface area (Å²) in [5.41, 5.74) is 3.64. The molecular formula is C14H14N4O. The fourth-order valence-corrected chi connectivity index (χ4v) is 2.18. The van der Waals surface area contributed by atoms with E-state index in [0.29, 0.717) is 11.6 Å². The first-order valence-electron chi connectivity index (χ1n) is 5.99. The van der Waals surface area contributed by atoms with Crippen LogP contribution in [0.5, 0.6) is 5.88 Å². The summed E-state index contributed by atoms with van der Waals surface area (Å²) in [5, 5.41) is 12.8. The Morgan fingerprint density at radius 3 is 2.84 bits per heavy atom. The van der Waals surface area contributed by atoms with E-state index in [0.717, 1.165) is 16.8 Å². The van der Waals surface area contributed by atoms with Gasteiger partial charge in [0.2, 0.25) is 11.8 Å². The third kappa shape index (κ3) is 1.79. The maximum atomic E-state index is 9.89. The lowest BCUT2D eigenvalue weighted by Crippen LogP contribution is -1.99. The predicted octanol–water partition coefficient (Wildman–Crippen LogP) is 2.42. The Kier molecular flexibility index (Phi) is 2.59. The monoisotopic (exact) mass is 254 g/mol. The number of nitrogens with zero attached hydrogens (tertiary/aromatic N) is 3. The van der Waals surface area contributed by atoms with Crippen molar-refractivity contribution in [1.82, 2.24) is 9.55 Å². The van der Waals surface area contributed by atoms with Gasteiger partial charge in [-0.05, 0) is 12.1 Å². The first-order valence-corrected chi connectivity index (χ1v) is 5.99. The number of hydrogen-bond acceptors (Lipinski definition) is 4. The maximum absolute atomic E-state index is 9.89. The summed E-state index contributed by atoms with van der Waals surface area (Å²) in [4.78, 5) is 8.39. The Morgan fingerprint density at radius 2 is 2.11 bits per heavy atom. The van der Waals surface area contributed by atoms with Crippen molar-refractivity contribution in [3.8, 4) is 5.88 Å². The highest BCUT2D eigenvalue weighted by Crippen LogP contribution is 2.33. The fraction of sp³-hybridized carbons (Fsp3) is 0.143. The molecule has 0 saturated heterocycles. The van der Waals surface area contributed by atoms with Crippen LogP contribution in [0.4, 0.5) is 11.6 Å². The molecule has 0 aliphatic carbocycles. The van der Waals surface area contributed by atoms with Gasteiger partial charge in [-0.25, -0.2) is 0 Å². The van der Waals surface area contributed by atoms with Gasteiger partial charge in [0.1, 0.15) is 5.69 Å². The SMILES string of the molecule is CNc1nc(O)c(C=C2C=Nc3ccccc32)n1C. The highest BCUT2D eigenvalue weighted by atomic mass is 16.3. The quantitative estimate of drug-likeness (QED) is 0.865. The van der Waals surface area contributed by atoms with Gasteiger partial charge in [-0.1, -0.05) is 18.2 Å². The summed E-state index contributed by atoms with van der Waals surface area (Å²) in [6.45, 7) is 0. The molecule has 19 heavy (non-hydrogen) atoms. The van der Waals surface area contributed by atoms with Crippen molar-refractivity contribution in [1.29, 1.82) is 0 Å². The van der Waals surface area contributed by atoms with Gasteiger partial charge in [0.15, 0.2) is 0 Å². The Labute approximate surface area is 110 Å². The number of hydrogen-bond donors (Lipinski definition) is 2. The molecule has 0 spiro atoms. The lowest BCUT2D eigenvalue weighted by molar-refractivity contribution is 0.454. The second kappa shape index (κ2) is 4.28. The van der Waals surface area contributed by atoms with Crippen LogP contribution >= 0.6 is 0 Å². The minimum absolute atomic E-state index is 0.0112. The van der Waals surface area contributed by atoms with Crippen molar-refractivity contribution in [2.24, 2.45) is 12.0 Å². The highest BCUT2D eigenvalue weighted by molar-refractivity contribution is 6.21. The van der Waals surface area contributed by atoms with Gasteiger partial charge in [0.25, 0.3) is 0 Å². The highest BCUT2D eigenvalue weighted by Gasteiger charge is 2.15. The van der Waals surface area contributed by atoms with Crippen LogP contribution in [0.3, 0.4) is 0 Å². The predicted molar refractivity (Wildman–Crippen MR) is 76.9 cm³/mol. The zero-order valence-electron chi connectivity index (χ0n) is 10.8. The van der Waals surface area contributed by atoms with E-state index in [9.17, 15) is 5.11 Å². The number of imidazole rings is 1. The van der Waals surface area contributed by atoms with E-state index in [4.69, 9.17) is 0 Å². The third-order valence-electron chi connectivity index (χ3n) is 3.19. The number of benzene rings is 1. The van der Waals surface area contributed by atoms with Crippen molar-refractivity contribution >= 4 is 29.5 Å². The van der Waals surface area contributed by atoms with Gasteiger partial charge in [-0.3, -0.25) is 4.99 Å². The van der Waals surface area contributed by atoms with Crippen molar-refractivity contribution < 1.29 is 5.11 Å². The molecular weight excluding hydrogens is 240 g/mol. The number of fused-ring (bicyclic) bond motifs is 1. The first-order chi connectivity index (χ1) is 9.20. The summed E-state index contributed by atoms with van der Waals surface area (Å²) < 4.78 is 1.80. The molecule has 96 valence electrons. The van der Waals surface area contributed by atoms with Crippen LogP contribution in [-0.4, -0.2) is 27.9 Å². The average molecular weight is 254 g/mol. The molecule has 0 radical (unpaired) electrons. The van der Waals surface area contributed by atoms with E-state index in [1.54, 1.807) is 17.8 Å². The van der Waals surface area contributed by atoms with Crippen LogP contribution in [0, 0.1) is 0 Å². The molecule has 1 aliphatic heterocycles. The van der Waals surface area contributed by atoms with E-state index in [1.807, 2.05) is 37.4 Å². The van der Waals surface area contributed by atoms with E-state index in [2.05, 4.69) is 15.3 Å². The molecule has 0 fully saturated rings. The van der Waals surface area contributed by atoms with Crippen LogP contribution in [0.2, 0.25) is 0 Å². The summed E-state index contributed by atoms with van der Waals surface area (Å²) in [6.07, 6.45) is 3.69.